The van der Waals surface area contributed by atoms with Gasteiger partial charge < -0.3 is 26.8 Å². The monoisotopic (exact) mass is 628 g/mol. The van der Waals surface area contributed by atoms with Gasteiger partial charge in [0.15, 0.2) is 5.82 Å². The molecule has 0 aliphatic rings. The minimum atomic E-state index is -1.35. The van der Waals surface area contributed by atoms with Gasteiger partial charge in [0, 0.05) is 41.5 Å². The van der Waals surface area contributed by atoms with Crippen LogP contribution in [0.5, 0.6) is 0 Å². The summed E-state index contributed by atoms with van der Waals surface area (Å²) in [5.74, 6) is -1.57. The highest BCUT2D eigenvalue weighted by Gasteiger charge is 2.18. The Morgan fingerprint density at radius 1 is 0.957 bits per heavy atom. The molecule has 4 rings (SSSR count). The van der Waals surface area contributed by atoms with Gasteiger partial charge in [-0.25, -0.2) is 14.2 Å². The van der Waals surface area contributed by atoms with E-state index in [-0.39, 0.29) is 60.1 Å². The van der Waals surface area contributed by atoms with Crippen LogP contribution >= 0.6 is 0 Å². The van der Waals surface area contributed by atoms with Gasteiger partial charge in [-0.05, 0) is 55.3 Å². The van der Waals surface area contributed by atoms with Gasteiger partial charge in [-0.2, -0.15) is 0 Å². The molecule has 8 N–H and O–H groups in total. The van der Waals surface area contributed by atoms with Gasteiger partial charge in [-0.3, -0.25) is 29.7 Å². The maximum atomic E-state index is 13.5. The van der Waals surface area contributed by atoms with E-state index < -0.39 is 23.5 Å². The number of rotatable bonds is 11. The minimum absolute atomic E-state index is 0.0423. The highest BCUT2D eigenvalue weighted by Crippen LogP contribution is 2.23. The van der Waals surface area contributed by atoms with Crippen molar-refractivity contribution in [2.24, 2.45) is 0 Å². The summed E-state index contributed by atoms with van der Waals surface area (Å²) in [5, 5.41) is 27.0. The Morgan fingerprint density at radius 3 is 2.22 bits per heavy atom. The third-order valence-corrected chi connectivity index (χ3v) is 6.63. The van der Waals surface area contributed by atoms with Crippen LogP contribution in [-0.2, 0) is 24.4 Å². The highest BCUT2D eigenvalue weighted by molar-refractivity contribution is 6.04. The van der Waals surface area contributed by atoms with Crippen molar-refractivity contribution in [3.63, 3.8) is 0 Å². The van der Waals surface area contributed by atoms with Crippen molar-refractivity contribution >= 4 is 35.2 Å². The number of aromatic nitrogens is 2. The average molecular weight is 629 g/mol. The number of nitrogen functional groups attached to an aromatic ring is 1. The zero-order chi connectivity index (χ0) is 33.4. The zero-order valence-corrected chi connectivity index (χ0v) is 25.1. The number of hydrogen-bond donors (Lipinski definition) is 7. The number of carbonyl (C=O) groups is 3. The van der Waals surface area contributed by atoms with Crippen LogP contribution in [-0.4, -0.2) is 44.4 Å². The van der Waals surface area contributed by atoms with E-state index in [4.69, 9.17) is 16.2 Å². The first kappa shape index (κ1) is 32.9. The molecular weight excluding hydrogens is 595 g/mol. The van der Waals surface area contributed by atoms with Gasteiger partial charge in [0.05, 0.1) is 11.9 Å². The molecule has 1 aromatic heterocycles. The number of amides is 3. The lowest BCUT2D eigenvalue weighted by Crippen LogP contribution is -2.35. The largest absolute Gasteiger partial charge is 0.465 e. The van der Waals surface area contributed by atoms with Crippen LogP contribution in [0, 0.1) is 11.2 Å². The van der Waals surface area contributed by atoms with Crippen molar-refractivity contribution in [3.05, 3.63) is 111 Å². The second-order valence-corrected chi connectivity index (χ2v) is 10.6. The number of halogens is 1. The molecule has 13 nitrogen and oxygen atoms in total. The molecule has 0 spiro atoms. The number of amidine groups is 1. The van der Waals surface area contributed by atoms with Gasteiger partial charge >= 0.3 is 6.09 Å². The lowest BCUT2D eigenvalue weighted by molar-refractivity contribution is -0.121. The maximum absolute atomic E-state index is 13.5. The normalized spacial score (nSPS) is 10.7. The smallest absolute Gasteiger partial charge is 0.410 e. The van der Waals surface area contributed by atoms with Crippen molar-refractivity contribution in [2.45, 2.75) is 39.5 Å². The fourth-order valence-electron chi connectivity index (χ4n) is 4.43. The van der Waals surface area contributed by atoms with Crippen molar-refractivity contribution in [3.8, 4) is 11.3 Å². The second-order valence-electron chi connectivity index (χ2n) is 10.6. The molecule has 0 fully saturated rings. The van der Waals surface area contributed by atoms with Gasteiger partial charge in [0.25, 0.3) is 11.5 Å². The summed E-state index contributed by atoms with van der Waals surface area (Å²) in [7, 11) is 0. The Bertz CT molecular complexity index is 1820. The molecule has 0 radical (unpaired) electrons. The van der Waals surface area contributed by atoms with E-state index in [1.54, 1.807) is 42.5 Å². The van der Waals surface area contributed by atoms with Crippen molar-refractivity contribution < 1.29 is 23.9 Å². The summed E-state index contributed by atoms with van der Waals surface area (Å²) >= 11 is 0. The van der Waals surface area contributed by atoms with Crippen LogP contribution < -0.4 is 32.6 Å². The van der Waals surface area contributed by atoms with Crippen LogP contribution in [0.15, 0.2) is 77.7 Å². The number of carbonyl (C=O) groups excluding carboxylic acids is 2. The number of nitrogens with two attached hydrogens (primary N) is 1. The number of carboxylic acid groups (broad SMARTS) is 1. The SMILES string of the molecule is CC(C)Nc1ncc(-c2cc(N)cc(C(=O)NCc3ccc(F)cc3)c2)n(CC(=O)NCc2ccc(C(=N)NC(=O)O)cc2)c1=O. The summed E-state index contributed by atoms with van der Waals surface area (Å²) in [6, 6.07) is 16.5. The first-order valence-corrected chi connectivity index (χ1v) is 14.1. The Hall–Kier alpha value is -6.05. The summed E-state index contributed by atoms with van der Waals surface area (Å²) < 4.78 is 14.5. The van der Waals surface area contributed by atoms with Gasteiger partial charge in [0.2, 0.25) is 5.91 Å². The van der Waals surface area contributed by atoms with Gasteiger partial charge in [-0.15, -0.1) is 0 Å². The Labute approximate surface area is 263 Å². The fraction of sp³-hybridized carbons (Fsp3) is 0.188. The maximum Gasteiger partial charge on any atom is 0.410 e. The number of nitrogens with zero attached hydrogens (tertiary/aromatic N) is 2. The number of hydrogen-bond acceptors (Lipinski definition) is 8. The second kappa shape index (κ2) is 14.6. The number of nitrogens with one attached hydrogen (secondary N) is 5. The molecule has 4 aromatic rings. The summed E-state index contributed by atoms with van der Waals surface area (Å²) in [4.78, 5) is 54.7. The van der Waals surface area contributed by atoms with Crippen molar-refractivity contribution in [2.75, 3.05) is 11.1 Å². The van der Waals surface area contributed by atoms with E-state index in [0.29, 0.717) is 22.3 Å². The predicted octanol–water partition coefficient (Wildman–Crippen LogP) is 3.29. The van der Waals surface area contributed by atoms with Crippen LogP contribution in [0.3, 0.4) is 0 Å². The molecule has 238 valence electrons. The lowest BCUT2D eigenvalue weighted by Gasteiger charge is -2.17. The Balaban J connectivity index is 1.56. The molecule has 3 aromatic carbocycles. The molecule has 46 heavy (non-hydrogen) atoms. The summed E-state index contributed by atoms with van der Waals surface area (Å²) in [6.45, 7) is 3.55. The average Bonchev–Trinajstić information content (AvgIpc) is 3.01. The Kier molecular flexibility index (Phi) is 10.4. The highest BCUT2D eigenvalue weighted by atomic mass is 19.1. The molecule has 0 unspecified atom stereocenters. The molecule has 0 saturated heterocycles. The van der Waals surface area contributed by atoms with E-state index in [1.807, 2.05) is 19.2 Å². The summed E-state index contributed by atoms with van der Waals surface area (Å²) in [6.07, 6.45) is 0.0751. The van der Waals surface area contributed by atoms with Crippen LogP contribution in [0.1, 0.15) is 40.9 Å². The molecule has 3 amide bonds. The number of benzene rings is 3. The Morgan fingerprint density at radius 2 is 1.59 bits per heavy atom. The molecule has 0 aliphatic heterocycles. The zero-order valence-electron chi connectivity index (χ0n) is 25.1. The first-order chi connectivity index (χ1) is 21.9. The third kappa shape index (κ3) is 8.75. The first-order valence-electron chi connectivity index (χ1n) is 14.1. The molecule has 14 heteroatoms. The van der Waals surface area contributed by atoms with Crippen molar-refractivity contribution in [1.29, 1.82) is 5.41 Å². The fourth-order valence-corrected chi connectivity index (χ4v) is 4.43. The van der Waals surface area contributed by atoms with E-state index in [9.17, 15) is 23.6 Å². The molecule has 0 atom stereocenters. The number of anilines is 2. The molecule has 0 saturated carbocycles. The molecule has 0 aliphatic carbocycles. The van der Waals surface area contributed by atoms with Crippen LogP contribution in [0.4, 0.5) is 20.7 Å². The molecule has 1 heterocycles. The van der Waals surface area contributed by atoms with E-state index in [1.165, 1.54) is 35.0 Å². The predicted molar refractivity (Wildman–Crippen MR) is 171 cm³/mol. The molecule has 0 bridgehead atoms. The standard InChI is InChI=1S/C32H33FN8O5/c1-18(2)39-29-31(44)41(17-27(42)36-14-19-3-7-21(8-4-19)28(35)40-32(45)46)26(16-37-29)22-11-23(13-25(34)12-22)30(43)38-15-20-5-9-24(33)10-6-20/h3-13,16,18H,14-15,17,34H2,1-2H3,(H2,35,40)(H,36,42)(H,37,39)(H,38,43)(H,45,46). The van der Waals surface area contributed by atoms with Gasteiger partial charge in [-0.1, -0.05) is 36.4 Å². The van der Waals surface area contributed by atoms with Crippen LogP contribution in [0.25, 0.3) is 11.3 Å². The van der Waals surface area contributed by atoms with E-state index in [2.05, 4.69) is 20.9 Å². The third-order valence-electron chi connectivity index (χ3n) is 6.63. The topological polar surface area (TPSA) is 204 Å². The quantitative estimate of drug-likeness (QED) is 0.0744. The van der Waals surface area contributed by atoms with Gasteiger partial charge in [0.1, 0.15) is 18.2 Å². The van der Waals surface area contributed by atoms with E-state index in [0.717, 1.165) is 0 Å². The summed E-state index contributed by atoms with van der Waals surface area (Å²) in [5.41, 5.74) is 8.39. The molecular formula is C32H33FN8O5. The van der Waals surface area contributed by atoms with Crippen LogP contribution in [0.2, 0.25) is 0 Å². The lowest BCUT2D eigenvalue weighted by atomic mass is 10.1. The van der Waals surface area contributed by atoms with Crippen molar-refractivity contribution in [1.82, 2.24) is 25.5 Å². The van der Waals surface area contributed by atoms with E-state index >= 15 is 0 Å². The minimum Gasteiger partial charge on any atom is -0.465 e.